The first-order valence-electron chi connectivity index (χ1n) is 10.1. The molecule has 150 valence electrons. The molecule has 0 saturated carbocycles. The first-order chi connectivity index (χ1) is 15.7. The van der Waals surface area contributed by atoms with Crippen molar-refractivity contribution in [3.63, 3.8) is 0 Å². The van der Waals surface area contributed by atoms with E-state index < -0.39 is 11.6 Å². The van der Waals surface area contributed by atoms with Crippen molar-refractivity contribution in [2.75, 3.05) is 0 Å². The predicted molar refractivity (Wildman–Crippen MR) is 126 cm³/mol. The van der Waals surface area contributed by atoms with Crippen LogP contribution in [0, 0.1) is 23.7 Å². The second-order valence-corrected chi connectivity index (χ2v) is 7.05. The van der Waals surface area contributed by atoms with Crippen LogP contribution < -0.4 is 0 Å². The third-order valence-corrected chi connectivity index (χ3v) is 4.71. The monoisotopic (exact) mass is 410 g/mol. The highest BCUT2D eigenvalue weighted by atomic mass is 16.2. The average Bonchev–Trinajstić information content (AvgIpc) is 2.87. The van der Waals surface area contributed by atoms with E-state index in [1.54, 1.807) is 36.4 Å². The molecular weight excluding hydrogens is 392 g/mol. The molecule has 4 rings (SSSR count). The summed E-state index contributed by atoms with van der Waals surface area (Å²) in [5.41, 5.74) is 3.75. The minimum absolute atomic E-state index is 0.315. The van der Waals surface area contributed by atoms with Gasteiger partial charge in [-0.05, 0) is 48.5 Å². The molecule has 4 aromatic rings. The van der Waals surface area contributed by atoms with Crippen LogP contribution in [-0.2, 0) is 0 Å². The van der Waals surface area contributed by atoms with E-state index >= 15 is 0 Å². The Labute approximate surface area is 187 Å². The second-order valence-electron chi connectivity index (χ2n) is 7.05. The first-order valence-corrected chi connectivity index (χ1v) is 10.1. The molecule has 0 atom stereocenters. The van der Waals surface area contributed by atoms with E-state index in [1.807, 2.05) is 72.8 Å². The number of benzene rings is 4. The number of rotatable bonds is 3. The van der Waals surface area contributed by atoms with Gasteiger partial charge in [0, 0.05) is 33.4 Å². The molecule has 0 aliphatic carbocycles. The van der Waals surface area contributed by atoms with Crippen LogP contribution >= 0.6 is 0 Å². The molecule has 4 aromatic carbocycles. The zero-order chi connectivity index (χ0) is 22.2. The Morgan fingerprint density at radius 2 is 0.750 bits per heavy atom. The SMILES string of the molecule is O=C(C(=O)c1cccc(C#Cc2ccccc2)c1)c1cccc(C#Cc2ccccc2)c1. The van der Waals surface area contributed by atoms with Gasteiger partial charge in [0.25, 0.3) is 0 Å². The zero-order valence-electron chi connectivity index (χ0n) is 17.2. The van der Waals surface area contributed by atoms with E-state index in [9.17, 15) is 9.59 Å². The van der Waals surface area contributed by atoms with Crippen LogP contribution in [0.5, 0.6) is 0 Å². The highest BCUT2D eigenvalue weighted by Crippen LogP contribution is 2.12. The van der Waals surface area contributed by atoms with Crippen LogP contribution in [0.2, 0.25) is 0 Å². The number of carbonyl (C=O) groups excluding carboxylic acids is 2. The molecule has 0 amide bonds. The molecule has 32 heavy (non-hydrogen) atoms. The van der Waals surface area contributed by atoms with Gasteiger partial charge in [-0.2, -0.15) is 0 Å². The van der Waals surface area contributed by atoms with Crippen molar-refractivity contribution in [3.8, 4) is 23.7 Å². The molecular formula is C30H18O2. The Kier molecular flexibility index (Phi) is 6.37. The smallest absolute Gasteiger partial charge is 0.233 e. The van der Waals surface area contributed by atoms with Crippen LogP contribution in [0.1, 0.15) is 43.0 Å². The fourth-order valence-corrected chi connectivity index (χ4v) is 3.07. The molecule has 0 N–H and O–H groups in total. The lowest BCUT2D eigenvalue weighted by Gasteiger charge is -2.02. The number of hydrogen-bond donors (Lipinski definition) is 0. The molecule has 0 aliphatic heterocycles. The van der Waals surface area contributed by atoms with Crippen LogP contribution in [0.15, 0.2) is 109 Å². The lowest BCUT2D eigenvalue weighted by molar-refractivity contribution is 0.0817. The van der Waals surface area contributed by atoms with Crippen molar-refractivity contribution in [2.24, 2.45) is 0 Å². The minimum Gasteiger partial charge on any atom is -0.285 e. The lowest BCUT2D eigenvalue weighted by atomic mass is 9.98. The third kappa shape index (κ3) is 5.28. The third-order valence-electron chi connectivity index (χ3n) is 4.71. The number of ketones is 2. The standard InChI is InChI=1S/C30H18O2/c31-29(27-15-7-13-25(21-27)19-17-23-9-3-1-4-10-23)30(32)28-16-8-14-26(22-28)20-18-24-11-5-2-6-12-24/h1-16,21-22H. The molecule has 0 heterocycles. The van der Waals surface area contributed by atoms with Crippen molar-refractivity contribution in [3.05, 3.63) is 143 Å². The topological polar surface area (TPSA) is 34.1 Å². The van der Waals surface area contributed by atoms with Gasteiger partial charge in [0.15, 0.2) is 0 Å². The summed E-state index contributed by atoms with van der Waals surface area (Å²) >= 11 is 0. The van der Waals surface area contributed by atoms with Crippen molar-refractivity contribution < 1.29 is 9.59 Å². The molecule has 2 heteroatoms. The zero-order valence-corrected chi connectivity index (χ0v) is 17.2. The predicted octanol–water partition coefficient (Wildman–Crippen LogP) is 5.55. The van der Waals surface area contributed by atoms with Gasteiger partial charge in [-0.3, -0.25) is 9.59 Å². The molecule has 0 spiro atoms. The van der Waals surface area contributed by atoms with Gasteiger partial charge in [0.1, 0.15) is 0 Å². The maximum atomic E-state index is 12.8. The molecule has 2 nitrogen and oxygen atoms in total. The van der Waals surface area contributed by atoms with Gasteiger partial charge in [0.2, 0.25) is 11.6 Å². The number of hydrogen-bond acceptors (Lipinski definition) is 2. The van der Waals surface area contributed by atoms with E-state index in [2.05, 4.69) is 23.7 Å². The Bertz CT molecular complexity index is 1280. The van der Waals surface area contributed by atoms with Gasteiger partial charge < -0.3 is 0 Å². The maximum Gasteiger partial charge on any atom is 0.233 e. The largest absolute Gasteiger partial charge is 0.285 e. The van der Waals surface area contributed by atoms with Crippen molar-refractivity contribution in [1.82, 2.24) is 0 Å². The van der Waals surface area contributed by atoms with E-state index in [0.717, 1.165) is 11.1 Å². The Balaban J connectivity index is 1.54. The minimum atomic E-state index is -0.568. The molecule has 0 bridgehead atoms. The Morgan fingerprint density at radius 1 is 0.406 bits per heavy atom. The molecule has 0 aliphatic rings. The second kappa shape index (κ2) is 9.90. The van der Waals surface area contributed by atoms with Gasteiger partial charge >= 0.3 is 0 Å². The summed E-state index contributed by atoms with van der Waals surface area (Å²) in [4.78, 5) is 25.7. The van der Waals surface area contributed by atoms with E-state index in [1.165, 1.54) is 0 Å². The summed E-state index contributed by atoms with van der Waals surface area (Å²) in [6, 6.07) is 32.9. The van der Waals surface area contributed by atoms with Gasteiger partial charge in [-0.15, -0.1) is 0 Å². The summed E-state index contributed by atoms with van der Waals surface area (Å²) < 4.78 is 0. The maximum absolute atomic E-state index is 12.8. The number of Topliss-reactive ketones (excluding diaryl/α,β-unsaturated/α-hetero) is 2. The average molecular weight is 410 g/mol. The normalized spacial score (nSPS) is 9.62. The highest BCUT2D eigenvalue weighted by Gasteiger charge is 2.18. The van der Waals surface area contributed by atoms with Gasteiger partial charge in [0.05, 0.1) is 0 Å². The fourth-order valence-electron chi connectivity index (χ4n) is 3.07. The summed E-state index contributed by atoms with van der Waals surface area (Å²) in [6.45, 7) is 0. The van der Waals surface area contributed by atoms with Crippen LogP contribution in [0.25, 0.3) is 0 Å². The van der Waals surface area contributed by atoms with Crippen LogP contribution in [0.3, 0.4) is 0 Å². The fraction of sp³-hybridized carbons (Fsp3) is 0. The molecule has 0 saturated heterocycles. The highest BCUT2D eigenvalue weighted by molar-refractivity contribution is 6.49. The van der Waals surface area contributed by atoms with Gasteiger partial charge in [-0.1, -0.05) is 84.3 Å². The van der Waals surface area contributed by atoms with E-state index in [-0.39, 0.29) is 0 Å². The summed E-state index contributed by atoms with van der Waals surface area (Å²) in [6.07, 6.45) is 0. The number of carbonyl (C=O) groups is 2. The molecule has 0 unspecified atom stereocenters. The van der Waals surface area contributed by atoms with E-state index in [4.69, 9.17) is 0 Å². The Morgan fingerprint density at radius 3 is 1.16 bits per heavy atom. The van der Waals surface area contributed by atoms with E-state index in [0.29, 0.717) is 22.3 Å². The lowest BCUT2D eigenvalue weighted by Crippen LogP contribution is -2.14. The summed E-state index contributed by atoms with van der Waals surface area (Å²) in [5.74, 6) is 11.1. The van der Waals surface area contributed by atoms with Crippen molar-refractivity contribution in [2.45, 2.75) is 0 Å². The first kappa shape index (κ1) is 20.6. The van der Waals surface area contributed by atoms with Gasteiger partial charge in [-0.25, -0.2) is 0 Å². The van der Waals surface area contributed by atoms with Crippen molar-refractivity contribution in [1.29, 1.82) is 0 Å². The van der Waals surface area contributed by atoms with Crippen LogP contribution in [0.4, 0.5) is 0 Å². The van der Waals surface area contributed by atoms with Crippen molar-refractivity contribution >= 4 is 11.6 Å². The molecule has 0 radical (unpaired) electrons. The Hall–Kier alpha value is -4.66. The summed E-state index contributed by atoms with van der Waals surface area (Å²) in [5, 5.41) is 0. The summed E-state index contributed by atoms with van der Waals surface area (Å²) in [7, 11) is 0. The quantitative estimate of drug-likeness (QED) is 0.252. The molecule has 0 aromatic heterocycles. The molecule has 0 fully saturated rings. The van der Waals surface area contributed by atoms with Crippen LogP contribution in [-0.4, -0.2) is 11.6 Å².